The molecule has 0 aliphatic rings. The number of carbonyl (C=O) groups is 1. The number of anilines is 1. The van der Waals surface area contributed by atoms with E-state index in [9.17, 15) is 4.79 Å². The fourth-order valence-corrected chi connectivity index (χ4v) is 2.12. The molecule has 2 rings (SSSR count). The normalized spacial score (nSPS) is 11.6. The molecular formula is C17H18ClNO3. The van der Waals surface area contributed by atoms with Gasteiger partial charge in [-0.05, 0) is 30.7 Å². The number of nitrogens with one attached hydrogen (secondary N) is 1. The van der Waals surface area contributed by atoms with Gasteiger partial charge in [-0.15, -0.1) is 0 Å². The molecule has 4 nitrogen and oxygen atoms in total. The Morgan fingerprint density at radius 1 is 1.23 bits per heavy atom. The van der Waals surface area contributed by atoms with E-state index in [4.69, 9.17) is 21.1 Å². The van der Waals surface area contributed by atoms with E-state index in [1.165, 1.54) is 0 Å². The van der Waals surface area contributed by atoms with E-state index in [0.717, 1.165) is 0 Å². The lowest BCUT2D eigenvalue weighted by Gasteiger charge is -2.18. The highest BCUT2D eigenvalue weighted by atomic mass is 35.5. The van der Waals surface area contributed by atoms with Crippen LogP contribution < -0.4 is 14.8 Å². The van der Waals surface area contributed by atoms with Crippen molar-refractivity contribution < 1.29 is 14.3 Å². The predicted molar refractivity (Wildman–Crippen MR) is 87.8 cm³/mol. The van der Waals surface area contributed by atoms with Crippen LogP contribution in [0, 0.1) is 0 Å². The minimum atomic E-state index is -0.619. The number of para-hydroxylation sites is 1. The molecule has 0 bridgehead atoms. The largest absolute Gasteiger partial charge is 0.497 e. The Kier molecular flexibility index (Phi) is 5.67. The summed E-state index contributed by atoms with van der Waals surface area (Å²) in [6.07, 6.45) is -0.0906. The smallest absolute Gasteiger partial charge is 0.265 e. The van der Waals surface area contributed by atoms with Crippen LogP contribution in [-0.4, -0.2) is 19.1 Å². The molecule has 0 saturated heterocycles. The third kappa shape index (κ3) is 4.15. The molecule has 0 aromatic heterocycles. The second-order valence-corrected chi connectivity index (χ2v) is 5.07. The van der Waals surface area contributed by atoms with Crippen molar-refractivity contribution in [1.82, 2.24) is 0 Å². The van der Waals surface area contributed by atoms with Crippen molar-refractivity contribution in [1.29, 1.82) is 0 Å². The summed E-state index contributed by atoms with van der Waals surface area (Å²) in [5.41, 5.74) is 0.658. The summed E-state index contributed by atoms with van der Waals surface area (Å²) in [6.45, 7) is 1.88. The molecule has 2 aromatic carbocycles. The van der Waals surface area contributed by atoms with Crippen molar-refractivity contribution in [3.63, 3.8) is 0 Å². The Morgan fingerprint density at radius 3 is 2.68 bits per heavy atom. The zero-order valence-corrected chi connectivity index (χ0v) is 13.3. The molecule has 1 amide bonds. The molecule has 1 atom stereocenters. The van der Waals surface area contributed by atoms with Gasteiger partial charge in [0.1, 0.15) is 11.5 Å². The van der Waals surface area contributed by atoms with Crippen LogP contribution in [0.3, 0.4) is 0 Å². The summed E-state index contributed by atoms with van der Waals surface area (Å²) in [5, 5.41) is 3.30. The van der Waals surface area contributed by atoms with Crippen molar-refractivity contribution in [3.05, 3.63) is 53.6 Å². The van der Waals surface area contributed by atoms with Gasteiger partial charge in [0.05, 0.1) is 12.1 Å². The molecule has 2 aromatic rings. The van der Waals surface area contributed by atoms with E-state index < -0.39 is 6.10 Å². The number of hydrogen-bond donors (Lipinski definition) is 1. The van der Waals surface area contributed by atoms with Gasteiger partial charge in [0.2, 0.25) is 0 Å². The van der Waals surface area contributed by atoms with Gasteiger partial charge in [-0.2, -0.15) is 0 Å². The highest BCUT2D eigenvalue weighted by Crippen LogP contribution is 2.25. The first kappa shape index (κ1) is 16.2. The highest BCUT2D eigenvalue weighted by molar-refractivity contribution is 6.32. The topological polar surface area (TPSA) is 47.6 Å². The van der Waals surface area contributed by atoms with Gasteiger partial charge in [-0.1, -0.05) is 36.7 Å². The summed E-state index contributed by atoms with van der Waals surface area (Å²) >= 11 is 6.06. The summed E-state index contributed by atoms with van der Waals surface area (Å²) < 4.78 is 10.8. The maximum Gasteiger partial charge on any atom is 0.265 e. The summed E-state index contributed by atoms with van der Waals surface area (Å²) in [4.78, 5) is 12.3. The van der Waals surface area contributed by atoms with E-state index in [1.807, 2.05) is 31.2 Å². The third-order valence-corrected chi connectivity index (χ3v) is 3.42. The van der Waals surface area contributed by atoms with E-state index in [-0.39, 0.29) is 5.91 Å². The Hall–Kier alpha value is -2.20. The highest BCUT2D eigenvalue weighted by Gasteiger charge is 2.19. The standard InChI is InChI=1S/C17H18ClNO3/c1-3-15(22-16-10-5-4-9-14(16)18)17(20)19-12-7-6-8-13(11-12)21-2/h4-11,15H,3H2,1-2H3,(H,19,20)/t15-/m0/s1. The molecule has 5 heteroatoms. The Morgan fingerprint density at radius 2 is 2.00 bits per heavy atom. The average Bonchev–Trinajstić information content (AvgIpc) is 2.54. The lowest BCUT2D eigenvalue weighted by atomic mass is 10.2. The number of carbonyl (C=O) groups excluding carboxylic acids is 1. The molecule has 0 radical (unpaired) electrons. The predicted octanol–water partition coefficient (Wildman–Crippen LogP) is 4.14. The molecule has 22 heavy (non-hydrogen) atoms. The fraction of sp³-hybridized carbons (Fsp3) is 0.235. The average molecular weight is 320 g/mol. The van der Waals surface area contributed by atoms with Gasteiger partial charge < -0.3 is 14.8 Å². The Labute approximate surface area is 135 Å². The number of benzene rings is 2. The lowest BCUT2D eigenvalue weighted by molar-refractivity contribution is -0.122. The van der Waals surface area contributed by atoms with Gasteiger partial charge in [0, 0.05) is 11.8 Å². The van der Waals surface area contributed by atoms with Crippen LogP contribution in [0.25, 0.3) is 0 Å². The summed E-state index contributed by atoms with van der Waals surface area (Å²) in [6, 6.07) is 14.3. The number of hydrogen-bond acceptors (Lipinski definition) is 3. The van der Waals surface area contributed by atoms with Gasteiger partial charge in [0.25, 0.3) is 5.91 Å². The molecule has 1 N–H and O–H groups in total. The molecule has 116 valence electrons. The molecule has 0 aliphatic carbocycles. The van der Waals surface area contributed by atoms with Crippen LogP contribution in [0.4, 0.5) is 5.69 Å². The third-order valence-electron chi connectivity index (χ3n) is 3.11. The minimum absolute atomic E-state index is 0.226. The Bertz CT molecular complexity index is 645. The number of halogens is 1. The van der Waals surface area contributed by atoms with Crippen LogP contribution in [0.15, 0.2) is 48.5 Å². The molecule has 0 heterocycles. The molecular weight excluding hydrogens is 302 g/mol. The first-order valence-corrected chi connectivity index (χ1v) is 7.38. The number of amides is 1. The zero-order chi connectivity index (χ0) is 15.9. The van der Waals surface area contributed by atoms with Gasteiger partial charge in [-0.25, -0.2) is 0 Å². The molecule has 0 saturated carbocycles. The Balaban J connectivity index is 2.07. The molecule has 0 aliphatic heterocycles. The van der Waals surface area contributed by atoms with E-state index >= 15 is 0 Å². The first-order valence-electron chi connectivity index (χ1n) is 7.00. The van der Waals surface area contributed by atoms with E-state index in [2.05, 4.69) is 5.32 Å². The van der Waals surface area contributed by atoms with E-state index in [1.54, 1.807) is 31.4 Å². The van der Waals surface area contributed by atoms with Crippen LogP contribution in [0.2, 0.25) is 5.02 Å². The molecule has 0 unspecified atom stereocenters. The number of ether oxygens (including phenoxy) is 2. The number of rotatable bonds is 6. The van der Waals surface area contributed by atoms with Crippen molar-refractivity contribution in [2.45, 2.75) is 19.4 Å². The second-order valence-electron chi connectivity index (χ2n) is 4.67. The van der Waals surface area contributed by atoms with E-state index in [0.29, 0.717) is 28.6 Å². The first-order chi connectivity index (χ1) is 10.6. The SMILES string of the molecule is CC[C@H](Oc1ccccc1Cl)C(=O)Nc1cccc(OC)c1. The fourth-order valence-electron chi connectivity index (χ4n) is 1.94. The van der Waals surface area contributed by atoms with Gasteiger partial charge in [-0.3, -0.25) is 4.79 Å². The number of methoxy groups -OCH3 is 1. The van der Waals surface area contributed by atoms with Crippen LogP contribution in [0.5, 0.6) is 11.5 Å². The molecule has 0 spiro atoms. The minimum Gasteiger partial charge on any atom is -0.497 e. The summed E-state index contributed by atoms with van der Waals surface area (Å²) in [7, 11) is 1.58. The van der Waals surface area contributed by atoms with Crippen molar-refractivity contribution >= 4 is 23.2 Å². The summed E-state index contributed by atoms with van der Waals surface area (Å²) in [5.74, 6) is 0.949. The quantitative estimate of drug-likeness (QED) is 0.870. The monoisotopic (exact) mass is 319 g/mol. The van der Waals surface area contributed by atoms with Crippen LogP contribution in [0.1, 0.15) is 13.3 Å². The van der Waals surface area contributed by atoms with Crippen molar-refractivity contribution in [2.75, 3.05) is 12.4 Å². The lowest BCUT2D eigenvalue weighted by Crippen LogP contribution is -2.32. The van der Waals surface area contributed by atoms with Crippen molar-refractivity contribution in [3.8, 4) is 11.5 Å². The van der Waals surface area contributed by atoms with Crippen LogP contribution >= 0.6 is 11.6 Å². The maximum atomic E-state index is 12.3. The molecule has 0 fully saturated rings. The van der Waals surface area contributed by atoms with Gasteiger partial charge >= 0.3 is 0 Å². The maximum absolute atomic E-state index is 12.3. The van der Waals surface area contributed by atoms with Gasteiger partial charge in [0.15, 0.2) is 6.10 Å². The zero-order valence-electron chi connectivity index (χ0n) is 12.5. The van der Waals surface area contributed by atoms with Crippen LogP contribution in [-0.2, 0) is 4.79 Å². The van der Waals surface area contributed by atoms with Crippen molar-refractivity contribution in [2.24, 2.45) is 0 Å². The second kappa shape index (κ2) is 7.71.